The van der Waals surface area contributed by atoms with Crippen molar-refractivity contribution in [3.8, 4) is 5.75 Å². The highest BCUT2D eigenvalue weighted by Gasteiger charge is 2.40. The maximum Gasteiger partial charge on any atom is 0.282 e. The van der Waals surface area contributed by atoms with Gasteiger partial charge in [0.1, 0.15) is 5.75 Å². The minimum atomic E-state index is -3.32. The zero-order chi connectivity index (χ0) is 14.9. The standard InChI is InChI=1S/C15H22N2O3S/c1-20-15-8-4-13(5-9-15)12-17(14-6-7-14)21(18,19)16-10-2-3-11-16/h4-5,8-9,14H,2-3,6-7,10-12H2,1H3. The van der Waals surface area contributed by atoms with E-state index in [0.29, 0.717) is 19.6 Å². The zero-order valence-corrected chi connectivity index (χ0v) is 13.2. The first-order valence-electron chi connectivity index (χ1n) is 7.51. The quantitative estimate of drug-likeness (QED) is 0.807. The lowest BCUT2D eigenvalue weighted by Crippen LogP contribution is -2.43. The van der Waals surface area contributed by atoms with Crippen LogP contribution in [0.4, 0.5) is 0 Å². The highest BCUT2D eigenvalue weighted by molar-refractivity contribution is 7.86. The van der Waals surface area contributed by atoms with Crippen molar-refractivity contribution in [3.05, 3.63) is 29.8 Å². The molecule has 3 rings (SSSR count). The Kier molecular flexibility index (Phi) is 4.19. The lowest BCUT2D eigenvalue weighted by Gasteiger charge is -2.27. The number of methoxy groups -OCH3 is 1. The Labute approximate surface area is 126 Å². The summed E-state index contributed by atoms with van der Waals surface area (Å²) >= 11 is 0. The van der Waals surface area contributed by atoms with Crippen molar-refractivity contribution in [3.63, 3.8) is 0 Å². The molecule has 1 saturated heterocycles. The van der Waals surface area contributed by atoms with E-state index >= 15 is 0 Å². The molecule has 1 aliphatic carbocycles. The van der Waals surface area contributed by atoms with Gasteiger partial charge in [-0.3, -0.25) is 0 Å². The SMILES string of the molecule is COc1ccc(CN(C2CC2)S(=O)(=O)N2CCCC2)cc1. The Morgan fingerprint density at radius 3 is 2.33 bits per heavy atom. The van der Waals surface area contributed by atoms with E-state index in [4.69, 9.17) is 4.74 Å². The molecular weight excluding hydrogens is 288 g/mol. The molecule has 6 heteroatoms. The van der Waals surface area contributed by atoms with Crippen LogP contribution in [0, 0.1) is 0 Å². The molecule has 116 valence electrons. The summed E-state index contributed by atoms with van der Waals surface area (Å²) in [6, 6.07) is 7.81. The van der Waals surface area contributed by atoms with Crippen LogP contribution < -0.4 is 4.74 Å². The molecule has 0 atom stereocenters. The number of hydrogen-bond acceptors (Lipinski definition) is 3. The van der Waals surface area contributed by atoms with Crippen molar-refractivity contribution in [1.82, 2.24) is 8.61 Å². The van der Waals surface area contributed by atoms with Gasteiger partial charge in [-0.2, -0.15) is 17.0 Å². The van der Waals surface area contributed by atoms with Crippen LogP contribution in [0.1, 0.15) is 31.2 Å². The third kappa shape index (κ3) is 3.22. The maximum atomic E-state index is 12.8. The monoisotopic (exact) mass is 310 g/mol. The van der Waals surface area contributed by atoms with Crippen LogP contribution in [0.25, 0.3) is 0 Å². The molecule has 0 spiro atoms. The number of hydrogen-bond donors (Lipinski definition) is 0. The molecule has 0 N–H and O–H groups in total. The second kappa shape index (κ2) is 5.94. The van der Waals surface area contributed by atoms with Gasteiger partial charge in [-0.05, 0) is 43.4 Å². The van der Waals surface area contributed by atoms with E-state index < -0.39 is 10.2 Å². The molecule has 1 aromatic rings. The van der Waals surface area contributed by atoms with E-state index in [0.717, 1.165) is 37.0 Å². The first-order chi connectivity index (χ1) is 10.1. The normalized spacial score (nSPS) is 20.1. The summed E-state index contributed by atoms with van der Waals surface area (Å²) in [4.78, 5) is 0. The van der Waals surface area contributed by atoms with Crippen LogP contribution in [0.2, 0.25) is 0 Å². The first-order valence-corrected chi connectivity index (χ1v) is 8.91. The number of nitrogens with zero attached hydrogens (tertiary/aromatic N) is 2. The minimum Gasteiger partial charge on any atom is -0.497 e. The van der Waals surface area contributed by atoms with Gasteiger partial charge in [0.25, 0.3) is 10.2 Å². The molecular formula is C15H22N2O3S. The second-order valence-corrected chi connectivity index (χ2v) is 7.62. The number of benzene rings is 1. The lowest BCUT2D eigenvalue weighted by atomic mass is 10.2. The molecule has 2 aliphatic rings. The van der Waals surface area contributed by atoms with Gasteiger partial charge in [0.15, 0.2) is 0 Å². The lowest BCUT2D eigenvalue weighted by molar-refractivity contribution is 0.348. The van der Waals surface area contributed by atoms with Crippen molar-refractivity contribution >= 4 is 10.2 Å². The number of rotatable bonds is 6. The van der Waals surface area contributed by atoms with Crippen molar-refractivity contribution in [1.29, 1.82) is 0 Å². The fourth-order valence-electron chi connectivity index (χ4n) is 2.74. The smallest absolute Gasteiger partial charge is 0.282 e. The molecule has 0 unspecified atom stereocenters. The molecule has 0 radical (unpaired) electrons. The van der Waals surface area contributed by atoms with Crippen LogP contribution in [0.15, 0.2) is 24.3 Å². The summed E-state index contributed by atoms with van der Waals surface area (Å²) in [5.41, 5.74) is 1.01. The van der Waals surface area contributed by atoms with Crippen LogP contribution in [0.5, 0.6) is 5.75 Å². The van der Waals surface area contributed by atoms with E-state index in [9.17, 15) is 8.42 Å². The summed E-state index contributed by atoms with van der Waals surface area (Å²) in [5, 5.41) is 0. The van der Waals surface area contributed by atoms with Crippen LogP contribution in [-0.2, 0) is 16.8 Å². The Bertz CT molecular complexity index is 575. The molecule has 5 nitrogen and oxygen atoms in total. The third-order valence-electron chi connectivity index (χ3n) is 4.14. The Balaban J connectivity index is 1.77. The third-order valence-corrected chi connectivity index (χ3v) is 6.18. The highest BCUT2D eigenvalue weighted by atomic mass is 32.2. The molecule has 21 heavy (non-hydrogen) atoms. The first kappa shape index (κ1) is 14.8. The Morgan fingerprint density at radius 2 is 1.81 bits per heavy atom. The minimum absolute atomic E-state index is 0.178. The summed E-state index contributed by atoms with van der Waals surface area (Å²) in [5.74, 6) is 0.791. The van der Waals surface area contributed by atoms with Gasteiger partial charge in [-0.15, -0.1) is 0 Å². The average Bonchev–Trinajstić information content (AvgIpc) is 3.16. The topological polar surface area (TPSA) is 49.9 Å². The fraction of sp³-hybridized carbons (Fsp3) is 0.600. The zero-order valence-electron chi connectivity index (χ0n) is 12.4. The summed E-state index contributed by atoms with van der Waals surface area (Å²) in [6.07, 6.45) is 3.90. The van der Waals surface area contributed by atoms with E-state index in [1.807, 2.05) is 24.3 Å². The highest BCUT2D eigenvalue weighted by Crippen LogP contribution is 2.33. The summed E-state index contributed by atoms with van der Waals surface area (Å²) in [6.45, 7) is 1.77. The van der Waals surface area contributed by atoms with Gasteiger partial charge < -0.3 is 4.74 Å². The van der Waals surface area contributed by atoms with Gasteiger partial charge >= 0.3 is 0 Å². The summed E-state index contributed by atoms with van der Waals surface area (Å²) < 4.78 is 34.0. The Hall–Kier alpha value is -1.11. The van der Waals surface area contributed by atoms with Gasteiger partial charge in [0, 0.05) is 25.7 Å². The number of ether oxygens (including phenoxy) is 1. The van der Waals surface area contributed by atoms with Gasteiger partial charge in [-0.25, -0.2) is 0 Å². The molecule has 1 aromatic carbocycles. The predicted octanol–water partition coefficient (Wildman–Crippen LogP) is 2.00. The molecule has 0 bridgehead atoms. The molecule has 1 saturated carbocycles. The van der Waals surface area contributed by atoms with Crippen LogP contribution in [-0.4, -0.2) is 43.3 Å². The van der Waals surface area contributed by atoms with Gasteiger partial charge in [0.05, 0.1) is 7.11 Å². The van der Waals surface area contributed by atoms with E-state index in [1.54, 1.807) is 15.7 Å². The molecule has 0 amide bonds. The van der Waals surface area contributed by atoms with Crippen LogP contribution >= 0.6 is 0 Å². The van der Waals surface area contributed by atoms with E-state index in [2.05, 4.69) is 0 Å². The largest absolute Gasteiger partial charge is 0.497 e. The average molecular weight is 310 g/mol. The van der Waals surface area contributed by atoms with Gasteiger partial charge in [0.2, 0.25) is 0 Å². The fourth-order valence-corrected chi connectivity index (χ4v) is 4.66. The molecule has 1 aliphatic heterocycles. The maximum absolute atomic E-state index is 12.8. The van der Waals surface area contributed by atoms with E-state index in [-0.39, 0.29) is 6.04 Å². The molecule has 2 fully saturated rings. The van der Waals surface area contributed by atoms with E-state index in [1.165, 1.54) is 0 Å². The summed E-state index contributed by atoms with van der Waals surface area (Å²) in [7, 11) is -1.69. The van der Waals surface area contributed by atoms with Crippen molar-refractivity contribution in [2.24, 2.45) is 0 Å². The second-order valence-electron chi connectivity index (χ2n) is 5.74. The Morgan fingerprint density at radius 1 is 1.19 bits per heavy atom. The molecule has 1 heterocycles. The van der Waals surface area contributed by atoms with Crippen LogP contribution in [0.3, 0.4) is 0 Å². The predicted molar refractivity (Wildman–Crippen MR) is 81.3 cm³/mol. The molecule has 0 aromatic heterocycles. The van der Waals surface area contributed by atoms with Crippen molar-refractivity contribution < 1.29 is 13.2 Å². The van der Waals surface area contributed by atoms with Gasteiger partial charge in [-0.1, -0.05) is 12.1 Å². The van der Waals surface area contributed by atoms with Crippen molar-refractivity contribution in [2.45, 2.75) is 38.3 Å². The van der Waals surface area contributed by atoms with Crippen molar-refractivity contribution in [2.75, 3.05) is 20.2 Å².